The molecule has 1 fully saturated rings. The lowest BCUT2D eigenvalue weighted by Crippen LogP contribution is -2.41. The van der Waals surface area contributed by atoms with E-state index in [4.69, 9.17) is 4.74 Å². The van der Waals surface area contributed by atoms with Gasteiger partial charge in [-0.05, 0) is 37.5 Å². The van der Waals surface area contributed by atoms with Gasteiger partial charge in [0.05, 0.1) is 18.2 Å². The van der Waals surface area contributed by atoms with Gasteiger partial charge in [0.1, 0.15) is 6.04 Å². The maximum atomic E-state index is 12.4. The Morgan fingerprint density at radius 1 is 1.23 bits per heavy atom. The van der Waals surface area contributed by atoms with Crippen LogP contribution in [-0.4, -0.2) is 59.7 Å². The highest BCUT2D eigenvalue weighted by molar-refractivity contribution is 9.10. The van der Waals surface area contributed by atoms with Gasteiger partial charge in [-0.15, -0.1) is 0 Å². The van der Waals surface area contributed by atoms with E-state index in [2.05, 4.69) is 15.9 Å². The molecule has 0 radical (unpaired) electrons. The second-order valence-corrected chi connectivity index (χ2v) is 7.24. The first-order valence-corrected chi connectivity index (χ1v) is 9.26. The topological polar surface area (TPSA) is 84.0 Å². The third-order valence-corrected chi connectivity index (χ3v) is 5.24. The van der Waals surface area contributed by atoms with Crippen LogP contribution in [0.25, 0.3) is 0 Å². The largest absolute Gasteiger partial charge is 0.467 e. The van der Waals surface area contributed by atoms with Crippen LogP contribution < -0.4 is 0 Å². The van der Waals surface area contributed by atoms with E-state index in [1.54, 1.807) is 18.2 Å². The van der Waals surface area contributed by atoms with Crippen molar-refractivity contribution in [1.82, 2.24) is 9.80 Å². The van der Waals surface area contributed by atoms with Crippen molar-refractivity contribution in [3.8, 4) is 0 Å². The Balaban J connectivity index is 1.57. The summed E-state index contributed by atoms with van der Waals surface area (Å²) in [5, 5.41) is 0. The minimum Gasteiger partial charge on any atom is -0.467 e. The fourth-order valence-electron chi connectivity index (χ4n) is 3.44. The number of hydrogen-bond donors (Lipinski definition) is 0. The van der Waals surface area contributed by atoms with Crippen LogP contribution in [0.15, 0.2) is 22.7 Å². The van der Waals surface area contributed by atoms with E-state index in [9.17, 15) is 19.2 Å². The molecule has 1 saturated heterocycles. The number of imide groups is 1. The number of halogens is 1. The van der Waals surface area contributed by atoms with Gasteiger partial charge in [-0.2, -0.15) is 0 Å². The molecule has 26 heavy (non-hydrogen) atoms. The summed E-state index contributed by atoms with van der Waals surface area (Å²) in [5.41, 5.74) is 0.760. The van der Waals surface area contributed by atoms with Gasteiger partial charge in [0.25, 0.3) is 11.8 Å². The third-order valence-electron chi connectivity index (χ3n) is 4.75. The number of rotatable bonds is 5. The molecule has 0 bridgehead atoms. The number of fused-ring (bicyclic) bond motifs is 1. The Morgan fingerprint density at radius 3 is 2.69 bits per heavy atom. The zero-order chi connectivity index (χ0) is 18.8. The number of carbonyl (C=O) groups is 4. The predicted octanol–water partition coefficient (Wildman–Crippen LogP) is 1.99. The summed E-state index contributed by atoms with van der Waals surface area (Å²) in [7, 11) is 1.31. The number of esters is 1. The van der Waals surface area contributed by atoms with Crippen LogP contribution in [0, 0.1) is 0 Å². The quantitative estimate of drug-likeness (QED) is 0.534. The number of likely N-dealkylation sites (tertiary alicyclic amines) is 1. The van der Waals surface area contributed by atoms with Crippen LogP contribution >= 0.6 is 15.9 Å². The molecule has 0 aliphatic carbocycles. The third kappa shape index (κ3) is 3.38. The first kappa shape index (κ1) is 18.6. The monoisotopic (exact) mass is 422 g/mol. The van der Waals surface area contributed by atoms with Crippen LogP contribution in [0.2, 0.25) is 0 Å². The van der Waals surface area contributed by atoms with Gasteiger partial charge in [-0.25, -0.2) is 4.79 Å². The molecule has 2 aliphatic rings. The average Bonchev–Trinajstić information content (AvgIpc) is 3.20. The highest BCUT2D eigenvalue weighted by atomic mass is 79.9. The van der Waals surface area contributed by atoms with Crippen LogP contribution in [0.3, 0.4) is 0 Å². The number of carbonyl (C=O) groups excluding carboxylic acids is 4. The molecule has 3 amide bonds. The van der Waals surface area contributed by atoms with Crippen LogP contribution in [-0.2, 0) is 14.3 Å². The zero-order valence-corrected chi connectivity index (χ0v) is 16.0. The second kappa shape index (κ2) is 7.57. The number of hydrogen-bond acceptors (Lipinski definition) is 5. The molecule has 0 N–H and O–H groups in total. The van der Waals surface area contributed by atoms with E-state index in [0.717, 1.165) is 10.9 Å². The Morgan fingerprint density at radius 2 is 1.96 bits per heavy atom. The molecule has 7 nitrogen and oxygen atoms in total. The Hall–Kier alpha value is -2.22. The fourth-order valence-corrected chi connectivity index (χ4v) is 3.81. The second-order valence-electron chi connectivity index (χ2n) is 6.32. The summed E-state index contributed by atoms with van der Waals surface area (Å²) >= 11 is 3.29. The molecule has 2 heterocycles. The molecule has 8 heteroatoms. The SMILES string of the molecule is COC(=O)C1CCCN1C(=O)CCCN1C(=O)c2ccc(Br)cc2C1=O. The normalized spacial score (nSPS) is 19.1. The first-order valence-electron chi connectivity index (χ1n) is 8.47. The van der Waals surface area contributed by atoms with Crippen molar-refractivity contribution in [3.63, 3.8) is 0 Å². The summed E-state index contributed by atoms with van der Waals surface area (Å²) in [4.78, 5) is 51.6. The van der Waals surface area contributed by atoms with Gasteiger partial charge in [0, 0.05) is 24.0 Å². The molecular weight excluding hydrogens is 404 g/mol. The lowest BCUT2D eigenvalue weighted by atomic mass is 10.1. The van der Waals surface area contributed by atoms with Crippen molar-refractivity contribution >= 4 is 39.6 Å². The highest BCUT2D eigenvalue weighted by Gasteiger charge is 2.37. The molecule has 138 valence electrons. The van der Waals surface area contributed by atoms with E-state index in [0.29, 0.717) is 30.5 Å². The number of methoxy groups -OCH3 is 1. The number of amides is 3. The molecular formula is C18H19BrN2O5. The molecule has 0 saturated carbocycles. The first-order chi connectivity index (χ1) is 12.4. The van der Waals surface area contributed by atoms with Gasteiger partial charge < -0.3 is 9.64 Å². The van der Waals surface area contributed by atoms with Crippen LogP contribution in [0.4, 0.5) is 0 Å². The molecule has 2 aliphatic heterocycles. The highest BCUT2D eigenvalue weighted by Crippen LogP contribution is 2.26. The molecule has 1 unspecified atom stereocenters. The van der Waals surface area contributed by atoms with Crippen molar-refractivity contribution in [2.24, 2.45) is 0 Å². The Kier molecular flexibility index (Phi) is 5.41. The molecule has 3 rings (SSSR count). The maximum Gasteiger partial charge on any atom is 0.328 e. The summed E-state index contributed by atoms with van der Waals surface area (Å²) in [6.07, 6.45) is 1.89. The lowest BCUT2D eigenvalue weighted by Gasteiger charge is -2.23. The number of ether oxygens (including phenoxy) is 1. The van der Waals surface area contributed by atoms with Crippen molar-refractivity contribution < 1.29 is 23.9 Å². The molecule has 1 aromatic carbocycles. The van der Waals surface area contributed by atoms with Gasteiger partial charge in [-0.1, -0.05) is 15.9 Å². The van der Waals surface area contributed by atoms with E-state index in [1.165, 1.54) is 16.9 Å². The van der Waals surface area contributed by atoms with Crippen molar-refractivity contribution in [2.75, 3.05) is 20.2 Å². The maximum absolute atomic E-state index is 12.4. The summed E-state index contributed by atoms with van der Waals surface area (Å²) in [5.74, 6) is -1.23. The van der Waals surface area contributed by atoms with Gasteiger partial charge >= 0.3 is 5.97 Å². The van der Waals surface area contributed by atoms with Crippen LogP contribution in [0.1, 0.15) is 46.4 Å². The standard InChI is InChI=1S/C18H19BrN2O5/c1-26-18(25)14-4-2-8-20(14)15(22)5-3-9-21-16(23)12-7-6-11(19)10-13(12)17(21)24/h6-7,10,14H,2-5,8-9H2,1H3. The zero-order valence-electron chi connectivity index (χ0n) is 14.4. The minimum atomic E-state index is -0.524. The van der Waals surface area contributed by atoms with Crippen molar-refractivity contribution in [2.45, 2.75) is 31.7 Å². The Labute approximate surface area is 159 Å². The minimum absolute atomic E-state index is 0.155. The average molecular weight is 423 g/mol. The Bertz CT molecular complexity index is 779. The van der Waals surface area contributed by atoms with Crippen molar-refractivity contribution in [3.05, 3.63) is 33.8 Å². The molecule has 0 aromatic heterocycles. The van der Waals surface area contributed by atoms with Gasteiger partial charge in [-0.3, -0.25) is 19.3 Å². The van der Waals surface area contributed by atoms with E-state index in [-0.39, 0.29) is 30.7 Å². The molecule has 1 atom stereocenters. The summed E-state index contributed by atoms with van der Waals surface area (Å²) in [6, 6.07) is 4.45. The lowest BCUT2D eigenvalue weighted by molar-refractivity contribution is -0.151. The van der Waals surface area contributed by atoms with Crippen molar-refractivity contribution in [1.29, 1.82) is 0 Å². The van der Waals surface area contributed by atoms with E-state index in [1.807, 2.05) is 0 Å². The van der Waals surface area contributed by atoms with E-state index >= 15 is 0 Å². The summed E-state index contributed by atoms with van der Waals surface area (Å²) < 4.78 is 5.47. The molecule has 0 spiro atoms. The number of benzene rings is 1. The summed E-state index contributed by atoms with van der Waals surface area (Å²) in [6.45, 7) is 0.700. The fraction of sp³-hybridized carbons (Fsp3) is 0.444. The van der Waals surface area contributed by atoms with Gasteiger partial charge in [0.2, 0.25) is 5.91 Å². The van der Waals surface area contributed by atoms with Gasteiger partial charge in [0.15, 0.2) is 0 Å². The van der Waals surface area contributed by atoms with Crippen LogP contribution in [0.5, 0.6) is 0 Å². The molecule has 1 aromatic rings. The predicted molar refractivity (Wildman–Crippen MR) is 95.5 cm³/mol. The number of nitrogens with zero attached hydrogens (tertiary/aromatic N) is 2. The van der Waals surface area contributed by atoms with E-state index < -0.39 is 12.0 Å². The smallest absolute Gasteiger partial charge is 0.328 e.